The molecule has 0 atom stereocenters. The number of rotatable bonds is 5. The first-order valence-electron chi connectivity index (χ1n) is 6.74. The summed E-state index contributed by atoms with van der Waals surface area (Å²) in [7, 11) is 0. The molecule has 0 amide bonds. The number of hydrogen-bond donors (Lipinski definition) is 1. The third-order valence-corrected chi connectivity index (χ3v) is 3.81. The highest BCUT2D eigenvalue weighted by molar-refractivity contribution is 4.81. The molecule has 94 valence electrons. The van der Waals surface area contributed by atoms with Gasteiger partial charge in [0, 0.05) is 0 Å². The van der Waals surface area contributed by atoms with Crippen LogP contribution in [-0.2, 0) is 9.47 Å². The minimum atomic E-state index is -0.352. The Hall–Kier alpha value is -0.120. The minimum absolute atomic E-state index is 0.0287. The third-order valence-electron chi connectivity index (χ3n) is 3.81. The molecule has 1 saturated carbocycles. The molecule has 2 fully saturated rings. The topological polar surface area (TPSA) is 38.7 Å². The van der Waals surface area contributed by atoms with Gasteiger partial charge in [-0.2, -0.15) is 0 Å². The van der Waals surface area contributed by atoms with Crippen LogP contribution in [0.3, 0.4) is 0 Å². The lowest BCUT2D eigenvalue weighted by molar-refractivity contribution is -0.0506. The zero-order chi connectivity index (χ0) is 11.3. The van der Waals surface area contributed by atoms with E-state index in [1.165, 1.54) is 19.3 Å². The summed E-state index contributed by atoms with van der Waals surface area (Å²) < 4.78 is 10.8. The summed E-state index contributed by atoms with van der Waals surface area (Å²) in [5, 5.41) is 10.3. The van der Waals surface area contributed by atoms with Crippen molar-refractivity contribution >= 4 is 0 Å². The second-order valence-corrected chi connectivity index (χ2v) is 5.20. The quantitative estimate of drug-likeness (QED) is 0.735. The standard InChI is InChI=1S/C13H24O3/c14-13(7-3-1-4-8-13)9-5-2-6-12-15-10-11-16-12/h12,14H,1-11H2. The van der Waals surface area contributed by atoms with Gasteiger partial charge >= 0.3 is 0 Å². The van der Waals surface area contributed by atoms with Gasteiger partial charge in [-0.1, -0.05) is 25.7 Å². The maximum absolute atomic E-state index is 10.3. The third kappa shape index (κ3) is 3.72. The molecule has 0 unspecified atom stereocenters. The smallest absolute Gasteiger partial charge is 0.157 e. The molecule has 0 bridgehead atoms. The molecule has 0 radical (unpaired) electrons. The van der Waals surface area contributed by atoms with E-state index in [1.807, 2.05) is 0 Å². The molecule has 1 saturated heterocycles. The maximum atomic E-state index is 10.3. The number of unbranched alkanes of at least 4 members (excludes halogenated alkanes) is 1. The molecule has 1 heterocycles. The van der Waals surface area contributed by atoms with E-state index in [9.17, 15) is 5.11 Å². The summed E-state index contributed by atoms with van der Waals surface area (Å²) in [6.45, 7) is 1.49. The van der Waals surface area contributed by atoms with Gasteiger partial charge in [0.15, 0.2) is 6.29 Å². The lowest BCUT2D eigenvalue weighted by Gasteiger charge is -2.32. The lowest BCUT2D eigenvalue weighted by Crippen LogP contribution is -2.31. The van der Waals surface area contributed by atoms with E-state index in [4.69, 9.17) is 9.47 Å². The van der Waals surface area contributed by atoms with E-state index in [0.717, 1.165) is 51.7 Å². The Labute approximate surface area is 98.1 Å². The highest BCUT2D eigenvalue weighted by atomic mass is 16.7. The van der Waals surface area contributed by atoms with Gasteiger partial charge in [0.2, 0.25) is 0 Å². The molecule has 0 aromatic heterocycles. The average molecular weight is 228 g/mol. The van der Waals surface area contributed by atoms with E-state index in [0.29, 0.717) is 0 Å². The van der Waals surface area contributed by atoms with Crippen LogP contribution in [0.4, 0.5) is 0 Å². The molecule has 0 aromatic rings. The zero-order valence-corrected chi connectivity index (χ0v) is 10.1. The first-order valence-corrected chi connectivity index (χ1v) is 6.74. The van der Waals surface area contributed by atoms with Crippen LogP contribution in [0.15, 0.2) is 0 Å². The van der Waals surface area contributed by atoms with E-state index < -0.39 is 0 Å². The summed E-state index contributed by atoms with van der Waals surface area (Å²) in [5.74, 6) is 0. The van der Waals surface area contributed by atoms with E-state index in [2.05, 4.69) is 0 Å². The summed E-state index contributed by atoms with van der Waals surface area (Å²) in [6.07, 6.45) is 9.87. The number of hydrogen-bond acceptors (Lipinski definition) is 3. The van der Waals surface area contributed by atoms with E-state index >= 15 is 0 Å². The molecule has 0 spiro atoms. The first-order chi connectivity index (χ1) is 7.79. The predicted molar refractivity (Wildman–Crippen MR) is 62.2 cm³/mol. The Morgan fingerprint density at radius 1 is 1.00 bits per heavy atom. The van der Waals surface area contributed by atoms with Crippen LogP contribution in [0.1, 0.15) is 57.8 Å². The Balaban J connectivity index is 1.56. The zero-order valence-electron chi connectivity index (χ0n) is 10.1. The molecule has 16 heavy (non-hydrogen) atoms. The summed E-state index contributed by atoms with van der Waals surface area (Å²) in [6, 6.07) is 0. The second-order valence-electron chi connectivity index (χ2n) is 5.20. The van der Waals surface area contributed by atoms with Crippen LogP contribution in [0.25, 0.3) is 0 Å². The molecular weight excluding hydrogens is 204 g/mol. The van der Waals surface area contributed by atoms with Crippen molar-refractivity contribution in [3.05, 3.63) is 0 Å². The van der Waals surface area contributed by atoms with Crippen LogP contribution in [0, 0.1) is 0 Å². The second kappa shape index (κ2) is 5.99. The lowest BCUT2D eigenvalue weighted by atomic mass is 9.81. The first kappa shape index (κ1) is 12.3. The summed E-state index contributed by atoms with van der Waals surface area (Å²) in [4.78, 5) is 0. The fourth-order valence-electron chi connectivity index (χ4n) is 2.80. The van der Waals surface area contributed by atoms with Crippen molar-refractivity contribution in [2.75, 3.05) is 13.2 Å². The highest BCUT2D eigenvalue weighted by Gasteiger charge is 2.28. The van der Waals surface area contributed by atoms with Crippen molar-refractivity contribution in [3.63, 3.8) is 0 Å². The van der Waals surface area contributed by atoms with Crippen LogP contribution in [0.5, 0.6) is 0 Å². The van der Waals surface area contributed by atoms with Gasteiger partial charge in [-0.15, -0.1) is 0 Å². The normalized spacial score (nSPS) is 26.1. The Bertz CT molecular complexity index is 193. The van der Waals surface area contributed by atoms with Crippen LogP contribution in [0.2, 0.25) is 0 Å². The Kier molecular flexibility index (Phi) is 4.62. The molecule has 1 N–H and O–H groups in total. The number of ether oxygens (including phenoxy) is 2. The minimum Gasteiger partial charge on any atom is -0.390 e. The molecule has 2 aliphatic rings. The molecule has 0 aromatic carbocycles. The molecule has 3 nitrogen and oxygen atoms in total. The van der Waals surface area contributed by atoms with E-state index in [1.54, 1.807) is 0 Å². The fraction of sp³-hybridized carbons (Fsp3) is 1.00. The SMILES string of the molecule is OC1(CCCCC2OCCO2)CCCCC1. The highest BCUT2D eigenvalue weighted by Crippen LogP contribution is 2.32. The van der Waals surface area contributed by atoms with E-state index in [-0.39, 0.29) is 11.9 Å². The van der Waals surface area contributed by atoms with Gasteiger partial charge in [0.05, 0.1) is 18.8 Å². The van der Waals surface area contributed by atoms with Gasteiger partial charge < -0.3 is 14.6 Å². The predicted octanol–water partition coefficient (Wildman–Crippen LogP) is 2.61. The summed E-state index contributed by atoms with van der Waals surface area (Å²) >= 11 is 0. The molecule has 1 aliphatic heterocycles. The van der Waals surface area contributed by atoms with Gasteiger partial charge in [-0.25, -0.2) is 0 Å². The maximum Gasteiger partial charge on any atom is 0.157 e. The van der Waals surface area contributed by atoms with Crippen molar-refractivity contribution in [2.45, 2.75) is 69.7 Å². The number of aliphatic hydroxyl groups is 1. The van der Waals surface area contributed by atoms with Crippen molar-refractivity contribution in [1.29, 1.82) is 0 Å². The van der Waals surface area contributed by atoms with Crippen molar-refractivity contribution in [1.82, 2.24) is 0 Å². The Morgan fingerprint density at radius 3 is 2.38 bits per heavy atom. The monoisotopic (exact) mass is 228 g/mol. The Morgan fingerprint density at radius 2 is 1.69 bits per heavy atom. The van der Waals surface area contributed by atoms with Gasteiger partial charge in [-0.3, -0.25) is 0 Å². The summed E-state index contributed by atoms with van der Waals surface area (Å²) in [5.41, 5.74) is -0.352. The van der Waals surface area contributed by atoms with Crippen LogP contribution in [-0.4, -0.2) is 30.2 Å². The van der Waals surface area contributed by atoms with Gasteiger partial charge in [0.1, 0.15) is 0 Å². The fourth-order valence-corrected chi connectivity index (χ4v) is 2.80. The van der Waals surface area contributed by atoms with Crippen molar-refractivity contribution < 1.29 is 14.6 Å². The molecule has 3 heteroatoms. The van der Waals surface area contributed by atoms with Crippen molar-refractivity contribution in [3.8, 4) is 0 Å². The molecule has 1 aliphatic carbocycles. The molecular formula is C13H24O3. The van der Waals surface area contributed by atoms with Crippen LogP contribution < -0.4 is 0 Å². The molecule has 2 rings (SSSR count). The van der Waals surface area contributed by atoms with Crippen LogP contribution >= 0.6 is 0 Å². The van der Waals surface area contributed by atoms with Gasteiger partial charge in [-0.05, 0) is 32.1 Å². The largest absolute Gasteiger partial charge is 0.390 e. The van der Waals surface area contributed by atoms with Gasteiger partial charge in [0.25, 0.3) is 0 Å². The van der Waals surface area contributed by atoms with Crippen molar-refractivity contribution in [2.24, 2.45) is 0 Å². The average Bonchev–Trinajstić information content (AvgIpc) is 2.78.